The summed E-state index contributed by atoms with van der Waals surface area (Å²) in [5.41, 5.74) is 16.1. The average Bonchev–Trinajstić information content (AvgIpc) is 3.09. The number of rotatable bonds is 17. The van der Waals surface area contributed by atoms with Gasteiger partial charge >= 0.3 is 17.9 Å². The molecule has 0 heterocycles. The molecule has 0 saturated carbocycles. The Morgan fingerprint density at radius 3 is 1.59 bits per heavy atom. The molecule has 324 valence electrons. The van der Waals surface area contributed by atoms with E-state index in [1.54, 1.807) is 6.92 Å². The Kier molecular flexibility index (Phi) is 44.9. The molecule has 0 rings (SSSR count). The fourth-order valence-electron chi connectivity index (χ4n) is 1.83. The van der Waals surface area contributed by atoms with Gasteiger partial charge in [0.1, 0.15) is 12.6 Å². The van der Waals surface area contributed by atoms with Crippen LogP contribution in [-0.2, 0) is 59.4 Å². The number of carboxylic acids is 4. The van der Waals surface area contributed by atoms with Crippen LogP contribution in [0.1, 0.15) is 29.0 Å². The summed E-state index contributed by atoms with van der Waals surface area (Å²) >= 11 is 0. The molecule has 0 aliphatic rings. The van der Waals surface area contributed by atoms with Gasteiger partial charge in [-0.15, -0.1) is 6.42 Å². The molecule has 0 spiro atoms. The van der Waals surface area contributed by atoms with Crippen LogP contribution in [-0.4, -0.2) is 107 Å². The number of nitrogens with two attached hydrogens (primary N) is 2. The summed E-state index contributed by atoms with van der Waals surface area (Å²) in [6.07, 6.45) is 4.73. The van der Waals surface area contributed by atoms with Crippen LogP contribution >= 0.6 is 0 Å². The predicted molar refractivity (Wildman–Crippen MR) is 198 cm³/mol. The zero-order chi connectivity index (χ0) is 44.0. The minimum Gasteiger partial charge on any atom is -0.545 e. The number of carboxylic acid groups (broad SMARTS) is 4. The third-order valence-electron chi connectivity index (χ3n) is 3.47. The van der Waals surface area contributed by atoms with E-state index in [2.05, 4.69) is 133 Å². The zero-order valence-corrected chi connectivity index (χ0v) is 29.8. The van der Waals surface area contributed by atoms with Crippen molar-refractivity contribution in [3.8, 4) is 83.4 Å². The summed E-state index contributed by atoms with van der Waals surface area (Å²) in [7, 11) is 7.23. The number of hydrogen-bond acceptors (Lipinski definition) is 18. The summed E-state index contributed by atoms with van der Waals surface area (Å²) < 4.78 is 1.82. The Labute approximate surface area is 334 Å². The predicted octanol–water partition coefficient (Wildman–Crippen LogP) is -1.77. The van der Waals surface area contributed by atoms with E-state index >= 15 is 0 Å². The molecule has 0 aromatic heterocycles. The van der Waals surface area contributed by atoms with E-state index in [-0.39, 0.29) is 34.6 Å². The Morgan fingerprint density at radius 1 is 0.839 bits per heavy atom. The lowest BCUT2D eigenvalue weighted by atomic mass is 10.2. The van der Waals surface area contributed by atoms with Crippen molar-refractivity contribution in [1.29, 1.82) is 5.53 Å². The SMILES string of the molecule is C#CC#CC#CC#CC#CC#CC#CC.C[N+](C)(C)C[C@H](O)CC(=O)O.C[N+](CC(=O)O)=C(N)N.N=N/N=N/OOOOOOOOO.O=C([O-])/C=C/C(=O)[O-].[HH].[HH].[HH].[HH].[HH].[HH].[HH].[HH].[HH].[HH].[HH]. The standard InChI is InChI=1S/C15H4.C7H15NO3.C4H9N3O2.C4H4O4.H2N4O9.11H2/c1-3-5-7-9-11-13-15-14-12-10-8-6-4-2;1-8(2,3)5-6(9)4-7(10)11;1-7(4(5)6)2-3(8)9;5-3(6)1-2-4(7)8;1-2-3-4-6-8-10-12-13-11-9-7-5;;;;;;;;;;;/h1H,2H3;6,9H,4-5H2,1-3H3;2H2,1H3,(H4,5,6,8,9);1-2H,(H,5,6)(H,7,8);1,5H;11*1H/b;;;2-1+;2-1?,4-3+;;;;;;;;;;;/t;6-;;;;;;;;;;;;;;/m.1............../s1. The number of carbonyl (C=O) groups excluding carboxylic acids is 2. The van der Waals surface area contributed by atoms with E-state index in [4.69, 9.17) is 44.0 Å². The Balaban J connectivity index is -0.0000000338. The number of aliphatic hydroxyl groups is 1. The molecule has 0 aliphatic carbocycles. The van der Waals surface area contributed by atoms with Crippen molar-refractivity contribution in [2.24, 2.45) is 27.2 Å². The number of aliphatic hydroxyl groups excluding tert-OH is 1. The Bertz CT molecular complexity index is 1760. The highest BCUT2D eigenvalue weighted by Gasteiger charge is 2.17. The summed E-state index contributed by atoms with van der Waals surface area (Å²) in [4.78, 5) is 42.5. The summed E-state index contributed by atoms with van der Waals surface area (Å²) in [5, 5.41) is 82.8. The van der Waals surface area contributed by atoms with Gasteiger partial charge in [-0.3, -0.25) is 20.8 Å². The molecule has 0 amide bonds. The molecule has 26 nitrogen and oxygen atoms in total. The lowest BCUT2D eigenvalue weighted by Crippen LogP contribution is -2.42. The first-order valence-electron chi connectivity index (χ1n) is 13.5. The molecule has 1 atom stereocenters. The van der Waals surface area contributed by atoms with Gasteiger partial charge in [0.2, 0.25) is 0 Å². The first kappa shape index (κ1) is 57.7. The van der Waals surface area contributed by atoms with Crippen molar-refractivity contribution in [2.45, 2.75) is 19.4 Å². The van der Waals surface area contributed by atoms with E-state index in [1.807, 2.05) is 21.1 Å². The van der Waals surface area contributed by atoms with Gasteiger partial charge in [-0.2, -0.15) is 10.5 Å². The van der Waals surface area contributed by atoms with E-state index in [9.17, 15) is 29.4 Å². The third kappa shape index (κ3) is 72.2. The van der Waals surface area contributed by atoms with E-state index in [0.717, 1.165) is 0 Å². The van der Waals surface area contributed by atoms with Gasteiger partial charge in [0.25, 0.3) is 0 Å². The van der Waals surface area contributed by atoms with E-state index in [0.29, 0.717) is 23.2 Å². The number of nitrogens with one attached hydrogen (secondary N) is 1. The molecule has 9 N–H and O–H groups in total. The molecule has 0 saturated heterocycles. The molecule has 26 heteroatoms. The number of terminal acetylenes is 1. The highest BCUT2D eigenvalue weighted by Crippen LogP contribution is 1.98. The van der Waals surface area contributed by atoms with Gasteiger partial charge in [0, 0.05) is 41.1 Å². The van der Waals surface area contributed by atoms with Crippen molar-refractivity contribution in [2.75, 3.05) is 41.3 Å². The van der Waals surface area contributed by atoms with Crippen LogP contribution in [0.4, 0.5) is 0 Å². The monoisotopic (exact) mass is 816 g/mol. The Morgan fingerprint density at radius 2 is 1.27 bits per heavy atom. The number of quaternary nitrogens is 1. The summed E-state index contributed by atoms with van der Waals surface area (Å²) in [5.74, 6) is 26.9. The maximum atomic E-state index is 10.1. The number of nitrogens with zero attached hydrogens (tertiary/aromatic N) is 5. The largest absolute Gasteiger partial charge is 0.545 e. The third-order valence-corrected chi connectivity index (χ3v) is 3.47. The van der Waals surface area contributed by atoms with Gasteiger partial charge in [0.15, 0.2) is 6.54 Å². The van der Waals surface area contributed by atoms with Crippen LogP contribution in [0.15, 0.2) is 27.9 Å². The lowest BCUT2D eigenvalue weighted by Gasteiger charge is -2.25. The highest BCUT2D eigenvalue weighted by atomic mass is 17.9. The van der Waals surface area contributed by atoms with Crippen LogP contribution in [0.3, 0.4) is 0 Å². The van der Waals surface area contributed by atoms with E-state index < -0.39 is 30.0 Å². The average molecular weight is 817 g/mol. The van der Waals surface area contributed by atoms with Gasteiger partial charge in [-0.1, -0.05) is 5.92 Å². The van der Waals surface area contributed by atoms with Crippen LogP contribution in [0.5, 0.6) is 0 Å². The van der Waals surface area contributed by atoms with Gasteiger partial charge in [-0.25, -0.2) is 10.1 Å². The molecule has 0 aliphatic heterocycles. The quantitative estimate of drug-likeness (QED) is 0.00816. The van der Waals surface area contributed by atoms with Crippen LogP contribution in [0.25, 0.3) is 0 Å². The fourth-order valence-corrected chi connectivity index (χ4v) is 1.83. The first-order valence-corrected chi connectivity index (χ1v) is 13.5. The number of hydrogen-bond donors (Lipinski definition) is 7. The summed E-state index contributed by atoms with van der Waals surface area (Å²) in [6.45, 7) is 2.00. The molecule has 0 radical (unpaired) electrons. The smallest absolute Gasteiger partial charge is 0.341 e. The fraction of sp³-hybridized carbons (Fsp3) is 0.300. The molecular formula is C30H56N8O18. The number of aliphatic carboxylic acids is 4. The second kappa shape index (κ2) is 43.6. The minimum absolute atomic E-state index is 0. The molecule has 0 aromatic rings. The first-order chi connectivity index (χ1) is 26.3. The van der Waals surface area contributed by atoms with Crippen molar-refractivity contribution in [3.05, 3.63) is 12.2 Å². The van der Waals surface area contributed by atoms with Crippen LogP contribution in [0, 0.1) is 88.9 Å². The minimum atomic E-state index is -1.55. The second-order valence-corrected chi connectivity index (χ2v) is 8.97. The maximum absolute atomic E-state index is 10.1. The molecule has 56 heavy (non-hydrogen) atoms. The van der Waals surface area contributed by atoms with Gasteiger partial charge in [0.05, 0.1) is 51.8 Å². The maximum Gasteiger partial charge on any atom is 0.341 e. The van der Waals surface area contributed by atoms with E-state index in [1.165, 1.54) is 11.6 Å². The molecular weight excluding hydrogens is 760 g/mol. The molecule has 0 unspecified atom stereocenters. The Hall–Kier alpha value is -7.59. The highest BCUT2D eigenvalue weighted by molar-refractivity contribution is 5.87. The lowest BCUT2D eigenvalue weighted by molar-refractivity contribution is -0.873. The number of likely N-dealkylation sites (N-methyl/N-ethyl adjacent to an activating group) is 2. The van der Waals surface area contributed by atoms with Crippen molar-refractivity contribution in [1.82, 2.24) is 0 Å². The van der Waals surface area contributed by atoms with Gasteiger partial charge < -0.3 is 39.6 Å². The topological polar surface area (TPSA) is 385 Å². The number of carbonyl (C=O) groups is 4. The van der Waals surface area contributed by atoms with Gasteiger partial charge in [-0.05, 0) is 110 Å². The van der Waals surface area contributed by atoms with Crippen LogP contribution < -0.4 is 21.7 Å². The summed E-state index contributed by atoms with van der Waals surface area (Å²) in [6, 6.07) is 0. The normalized spacial score (nSPS) is 9.04. The molecule has 0 aromatic carbocycles. The molecule has 0 bridgehead atoms. The van der Waals surface area contributed by atoms with Crippen molar-refractivity contribution >= 4 is 29.8 Å². The molecule has 0 fully saturated rings. The van der Waals surface area contributed by atoms with Crippen LogP contribution in [0.2, 0.25) is 0 Å². The second-order valence-electron chi connectivity index (χ2n) is 8.97. The zero-order valence-electron chi connectivity index (χ0n) is 29.8. The van der Waals surface area contributed by atoms with Crippen molar-refractivity contribution in [3.63, 3.8) is 0 Å². The van der Waals surface area contributed by atoms with Crippen molar-refractivity contribution < 1.29 is 115 Å². The number of guanidine groups is 1.